The van der Waals surface area contributed by atoms with Gasteiger partial charge in [-0.2, -0.15) is 0 Å². The van der Waals surface area contributed by atoms with E-state index in [1.165, 1.54) is 12.1 Å². The van der Waals surface area contributed by atoms with Gasteiger partial charge < -0.3 is 14.4 Å². The van der Waals surface area contributed by atoms with Crippen molar-refractivity contribution in [2.75, 3.05) is 18.0 Å². The van der Waals surface area contributed by atoms with Gasteiger partial charge in [-0.3, -0.25) is 14.9 Å². The number of nitro groups is 1. The monoisotopic (exact) mass is 458 g/mol. The third-order valence-corrected chi connectivity index (χ3v) is 5.82. The summed E-state index contributed by atoms with van der Waals surface area (Å²) in [5, 5.41) is 10.8. The third-order valence-electron chi connectivity index (χ3n) is 5.82. The molecule has 0 fully saturated rings. The summed E-state index contributed by atoms with van der Waals surface area (Å²) in [7, 11) is 0. The number of allylic oxidation sites excluding steroid dienone is 1. The maximum Gasteiger partial charge on any atom is 0.269 e. The topological polar surface area (TPSA) is 81.9 Å². The Labute approximate surface area is 198 Å². The fourth-order valence-corrected chi connectivity index (χ4v) is 3.96. The summed E-state index contributed by atoms with van der Waals surface area (Å²) < 4.78 is 11.8. The first-order chi connectivity index (χ1) is 16.4. The SMILES string of the molecule is CCN(CC)c1ccc(/C=C2\Oc3cc(OCc4ccc([N+](=O)[O-])cc4)cc(C)c3C2=O)cc1. The molecule has 1 aliphatic heterocycles. The van der Waals surface area contributed by atoms with E-state index in [1.807, 2.05) is 31.2 Å². The summed E-state index contributed by atoms with van der Waals surface area (Å²) in [4.78, 5) is 25.6. The van der Waals surface area contributed by atoms with Gasteiger partial charge in [0.05, 0.1) is 10.5 Å². The van der Waals surface area contributed by atoms with Crippen molar-refractivity contribution in [2.24, 2.45) is 0 Å². The molecule has 7 nitrogen and oxygen atoms in total. The van der Waals surface area contributed by atoms with Crippen LogP contribution in [0, 0.1) is 17.0 Å². The molecule has 0 radical (unpaired) electrons. The van der Waals surface area contributed by atoms with Crippen molar-refractivity contribution in [3.05, 3.63) is 98.8 Å². The molecule has 1 aliphatic rings. The smallest absolute Gasteiger partial charge is 0.269 e. The van der Waals surface area contributed by atoms with Gasteiger partial charge in [-0.05, 0) is 73.9 Å². The molecule has 7 heteroatoms. The van der Waals surface area contributed by atoms with Crippen molar-refractivity contribution in [3.8, 4) is 11.5 Å². The van der Waals surface area contributed by atoms with E-state index in [9.17, 15) is 14.9 Å². The number of nitrogens with zero attached hydrogens (tertiary/aromatic N) is 2. The number of carbonyl (C=O) groups excluding carboxylic acids is 1. The van der Waals surface area contributed by atoms with Gasteiger partial charge >= 0.3 is 0 Å². The third kappa shape index (κ3) is 4.78. The minimum Gasteiger partial charge on any atom is -0.489 e. The number of benzene rings is 3. The zero-order chi connectivity index (χ0) is 24.2. The number of fused-ring (bicyclic) bond motifs is 1. The van der Waals surface area contributed by atoms with Crippen molar-refractivity contribution in [1.82, 2.24) is 0 Å². The Kier molecular flexibility index (Phi) is 6.63. The van der Waals surface area contributed by atoms with Crippen LogP contribution in [-0.2, 0) is 6.61 Å². The van der Waals surface area contributed by atoms with E-state index < -0.39 is 4.92 Å². The van der Waals surface area contributed by atoms with Crippen LogP contribution in [0.1, 0.15) is 40.9 Å². The molecule has 0 unspecified atom stereocenters. The van der Waals surface area contributed by atoms with Gasteiger partial charge in [-0.15, -0.1) is 0 Å². The number of rotatable bonds is 8. The van der Waals surface area contributed by atoms with Crippen LogP contribution < -0.4 is 14.4 Å². The number of hydrogen-bond donors (Lipinski definition) is 0. The lowest BCUT2D eigenvalue weighted by atomic mass is 10.0. The summed E-state index contributed by atoms with van der Waals surface area (Å²) in [6.45, 7) is 8.19. The van der Waals surface area contributed by atoms with Crippen molar-refractivity contribution in [3.63, 3.8) is 0 Å². The Morgan fingerprint density at radius 1 is 1.03 bits per heavy atom. The highest BCUT2D eigenvalue weighted by molar-refractivity contribution is 6.15. The Morgan fingerprint density at radius 2 is 1.71 bits per heavy atom. The predicted molar refractivity (Wildman–Crippen MR) is 132 cm³/mol. The van der Waals surface area contributed by atoms with Gasteiger partial charge in [0.15, 0.2) is 5.76 Å². The van der Waals surface area contributed by atoms with Crippen LogP contribution in [0.2, 0.25) is 0 Å². The number of non-ortho nitro benzene ring substituents is 1. The van der Waals surface area contributed by atoms with E-state index in [0.717, 1.165) is 35.5 Å². The molecule has 0 saturated heterocycles. The number of nitro benzene ring substituents is 1. The minimum atomic E-state index is -0.437. The molecule has 4 rings (SSSR count). The first-order valence-corrected chi connectivity index (χ1v) is 11.2. The molecule has 1 heterocycles. The molecule has 0 amide bonds. The molecule has 0 atom stereocenters. The average Bonchev–Trinajstić information content (AvgIpc) is 3.15. The van der Waals surface area contributed by atoms with Crippen molar-refractivity contribution in [2.45, 2.75) is 27.4 Å². The fourth-order valence-electron chi connectivity index (χ4n) is 3.96. The molecule has 0 aromatic heterocycles. The van der Waals surface area contributed by atoms with Gasteiger partial charge in [-0.25, -0.2) is 0 Å². The molecular formula is C27H26N2O5. The number of ketones is 1. The quantitative estimate of drug-likeness (QED) is 0.236. The summed E-state index contributed by atoms with van der Waals surface area (Å²) >= 11 is 0. The summed E-state index contributed by atoms with van der Waals surface area (Å²) in [5.41, 5.74) is 4.16. The van der Waals surface area contributed by atoms with Gasteiger partial charge in [0.2, 0.25) is 5.78 Å². The van der Waals surface area contributed by atoms with Crippen molar-refractivity contribution < 1.29 is 19.2 Å². The van der Waals surface area contributed by atoms with Crippen LogP contribution in [0.5, 0.6) is 11.5 Å². The Bertz CT molecular complexity index is 1240. The van der Waals surface area contributed by atoms with E-state index >= 15 is 0 Å². The molecule has 0 bridgehead atoms. The Morgan fingerprint density at radius 3 is 2.32 bits per heavy atom. The molecule has 0 spiro atoms. The number of ether oxygens (including phenoxy) is 2. The molecule has 0 N–H and O–H groups in total. The first-order valence-electron chi connectivity index (χ1n) is 11.2. The average molecular weight is 459 g/mol. The molecule has 3 aromatic rings. The highest BCUT2D eigenvalue weighted by Crippen LogP contribution is 2.38. The number of anilines is 1. The van der Waals surface area contributed by atoms with Crippen LogP contribution in [0.3, 0.4) is 0 Å². The second kappa shape index (κ2) is 9.79. The van der Waals surface area contributed by atoms with E-state index in [0.29, 0.717) is 17.1 Å². The number of Topliss-reactive ketones (excluding diaryl/α,β-unsaturated/α-hetero) is 1. The molecule has 34 heavy (non-hydrogen) atoms. The predicted octanol–water partition coefficient (Wildman–Crippen LogP) is 5.94. The normalized spacial score (nSPS) is 13.5. The molecule has 174 valence electrons. The minimum absolute atomic E-state index is 0.0334. The Balaban J connectivity index is 1.49. The second-order valence-corrected chi connectivity index (χ2v) is 8.03. The highest BCUT2D eigenvalue weighted by atomic mass is 16.6. The van der Waals surface area contributed by atoms with Gasteiger partial charge in [0.1, 0.15) is 18.1 Å². The standard InChI is InChI=1S/C27H26N2O5/c1-4-28(5-2)21-10-6-19(7-11-21)15-25-27(30)26-18(3)14-23(16-24(26)34-25)33-17-20-8-12-22(13-9-20)29(31)32/h6-16H,4-5,17H2,1-3H3/b25-15-. The largest absolute Gasteiger partial charge is 0.489 e. The molecular weight excluding hydrogens is 432 g/mol. The zero-order valence-electron chi connectivity index (χ0n) is 19.4. The zero-order valence-corrected chi connectivity index (χ0v) is 19.4. The van der Waals surface area contributed by atoms with Gasteiger partial charge in [-0.1, -0.05) is 12.1 Å². The van der Waals surface area contributed by atoms with Gasteiger partial charge in [0, 0.05) is 37.0 Å². The summed E-state index contributed by atoms with van der Waals surface area (Å²) in [5.74, 6) is 1.16. The van der Waals surface area contributed by atoms with Crippen molar-refractivity contribution in [1.29, 1.82) is 0 Å². The van der Waals surface area contributed by atoms with Crippen LogP contribution in [0.4, 0.5) is 11.4 Å². The van der Waals surface area contributed by atoms with Crippen LogP contribution in [0.15, 0.2) is 66.4 Å². The number of aryl methyl sites for hydroxylation is 1. The van der Waals surface area contributed by atoms with Crippen LogP contribution in [-0.4, -0.2) is 23.8 Å². The lowest BCUT2D eigenvalue weighted by Crippen LogP contribution is -2.21. The van der Waals surface area contributed by atoms with Crippen LogP contribution >= 0.6 is 0 Å². The summed E-state index contributed by atoms with van der Waals surface area (Å²) in [6.07, 6.45) is 1.76. The molecule has 0 saturated carbocycles. The maximum atomic E-state index is 13.0. The van der Waals surface area contributed by atoms with Crippen molar-refractivity contribution >= 4 is 23.2 Å². The lowest BCUT2D eigenvalue weighted by molar-refractivity contribution is -0.384. The number of hydrogen-bond acceptors (Lipinski definition) is 6. The number of carbonyl (C=O) groups is 1. The van der Waals surface area contributed by atoms with Gasteiger partial charge in [0.25, 0.3) is 5.69 Å². The molecule has 0 aliphatic carbocycles. The fraction of sp³-hybridized carbons (Fsp3) is 0.222. The maximum absolute atomic E-state index is 13.0. The second-order valence-electron chi connectivity index (χ2n) is 8.03. The Hall–Kier alpha value is -4.13. The first kappa shape index (κ1) is 23.0. The van der Waals surface area contributed by atoms with E-state index in [2.05, 4.69) is 18.7 Å². The van der Waals surface area contributed by atoms with Crippen LogP contribution in [0.25, 0.3) is 6.08 Å². The van der Waals surface area contributed by atoms with E-state index in [4.69, 9.17) is 9.47 Å². The van der Waals surface area contributed by atoms with E-state index in [1.54, 1.807) is 30.3 Å². The molecule has 3 aromatic carbocycles. The lowest BCUT2D eigenvalue weighted by Gasteiger charge is -2.20. The highest BCUT2D eigenvalue weighted by Gasteiger charge is 2.30. The summed E-state index contributed by atoms with van der Waals surface area (Å²) in [6, 6.07) is 17.7. The van der Waals surface area contributed by atoms with E-state index in [-0.39, 0.29) is 23.8 Å².